The van der Waals surface area contributed by atoms with Gasteiger partial charge in [0.1, 0.15) is 0 Å². The van der Waals surface area contributed by atoms with E-state index in [1.165, 1.54) is 0 Å². The Morgan fingerprint density at radius 3 is 2.67 bits per heavy atom. The number of halogens is 1. The summed E-state index contributed by atoms with van der Waals surface area (Å²) in [5, 5.41) is 0. The van der Waals surface area contributed by atoms with Crippen LogP contribution in [0.15, 0.2) is 0 Å². The molecule has 0 aliphatic carbocycles. The lowest BCUT2D eigenvalue weighted by molar-refractivity contribution is 0.120. The van der Waals surface area contributed by atoms with Crippen LogP contribution in [0.5, 0.6) is 0 Å². The standard InChI is InChI=1S/C8H12INO2/c1-3-5-8(9,6-4-2)12-7(10)11/h3,5H2,1-2H3,(H2,10,11). The molecule has 0 spiro atoms. The number of alkyl halides is 1. The monoisotopic (exact) mass is 281 g/mol. The van der Waals surface area contributed by atoms with E-state index < -0.39 is 9.70 Å². The molecule has 68 valence electrons. The summed E-state index contributed by atoms with van der Waals surface area (Å²) in [5.41, 5.74) is 4.91. The SMILES string of the molecule is CC#CC(I)(CCC)OC(N)=O. The number of carbonyl (C=O) groups excluding carboxylic acids is 1. The molecule has 0 aliphatic heterocycles. The van der Waals surface area contributed by atoms with E-state index in [0.717, 1.165) is 6.42 Å². The van der Waals surface area contributed by atoms with E-state index >= 15 is 0 Å². The van der Waals surface area contributed by atoms with Gasteiger partial charge in [0, 0.05) is 6.42 Å². The minimum absolute atomic E-state index is 0.692. The van der Waals surface area contributed by atoms with E-state index in [4.69, 9.17) is 10.5 Å². The van der Waals surface area contributed by atoms with E-state index in [1.54, 1.807) is 6.92 Å². The van der Waals surface area contributed by atoms with Crippen molar-refractivity contribution < 1.29 is 9.53 Å². The number of hydrogen-bond donors (Lipinski definition) is 1. The molecule has 0 aromatic rings. The van der Waals surface area contributed by atoms with Crippen LogP contribution < -0.4 is 5.73 Å². The van der Waals surface area contributed by atoms with Crippen molar-refractivity contribution in [2.75, 3.05) is 0 Å². The highest BCUT2D eigenvalue weighted by Gasteiger charge is 2.26. The van der Waals surface area contributed by atoms with Crippen molar-refractivity contribution in [1.29, 1.82) is 0 Å². The number of hydrogen-bond acceptors (Lipinski definition) is 2. The third kappa shape index (κ3) is 4.44. The van der Waals surface area contributed by atoms with Gasteiger partial charge in [-0.1, -0.05) is 13.3 Å². The number of carbonyl (C=O) groups is 1. The molecule has 12 heavy (non-hydrogen) atoms. The first-order valence-electron chi connectivity index (χ1n) is 3.65. The summed E-state index contributed by atoms with van der Waals surface area (Å²) in [6.45, 7) is 3.70. The fourth-order valence-electron chi connectivity index (χ4n) is 0.807. The van der Waals surface area contributed by atoms with Gasteiger partial charge in [-0.15, -0.1) is 5.92 Å². The minimum atomic E-state index is -0.777. The fraction of sp³-hybridized carbons (Fsp3) is 0.625. The van der Waals surface area contributed by atoms with Gasteiger partial charge in [0.2, 0.25) is 3.61 Å². The highest BCUT2D eigenvalue weighted by atomic mass is 127. The van der Waals surface area contributed by atoms with Gasteiger partial charge < -0.3 is 10.5 Å². The van der Waals surface area contributed by atoms with Crippen molar-refractivity contribution in [3.05, 3.63) is 0 Å². The Hall–Kier alpha value is -0.440. The molecule has 0 rings (SSSR count). The van der Waals surface area contributed by atoms with Gasteiger partial charge in [-0.25, -0.2) is 4.79 Å². The summed E-state index contributed by atoms with van der Waals surface area (Å²) in [4.78, 5) is 10.5. The van der Waals surface area contributed by atoms with E-state index in [1.807, 2.05) is 29.5 Å². The largest absolute Gasteiger partial charge is 0.421 e. The normalized spacial score (nSPS) is 13.9. The van der Waals surface area contributed by atoms with Gasteiger partial charge in [-0.3, -0.25) is 0 Å². The lowest BCUT2D eigenvalue weighted by Gasteiger charge is -2.19. The highest BCUT2D eigenvalue weighted by Crippen LogP contribution is 2.25. The second-order valence-corrected chi connectivity index (χ2v) is 4.02. The molecule has 1 atom stereocenters. The molecule has 0 saturated heterocycles. The minimum Gasteiger partial charge on any atom is -0.421 e. The van der Waals surface area contributed by atoms with Crippen molar-refractivity contribution in [2.24, 2.45) is 5.73 Å². The molecule has 1 unspecified atom stereocenters. The molecule has 2 N–H and O–H groups in total. The predicted molar refractivity (Wildman–Crippen MR) is 55.8 cm³/mol. The number of nitrogens with two attached hydrogens (primary N) is 1. The molecule has 0 heterocycles. The highest BCUT2D eigenvalue weighted by molar-refractivity contribution is 14.1. The van der Waals surface area contributed by atoms with Gasteiger partial charge in [-0.2, -0.15) is 0 Å². The van der Waals surface area contributed by atoms with Crippen molar-refractivity contribution in [1.82, 2.24) is 0 Å². The fourth-order valence-corrected chi connectivity index (χ4v) is 1.83. The Labute approximate surface area is 86.2 Å². The average Bonchev–Trinajstić information content (AvgIpc) is 1.85. The lowest BCUT2D eigenvalue weighted by atomic mass is 10.2. The van der Waals surface area contributed by atoms with Crippen LogP contribution in [0, 0.1) is 11.8 Å². The van der Waals surface area contributed by atoms with E-state index in [9.17, 15) is 4.79 Å². The number of rotatable bonds is 3. The molecule has 0 radical (unpaired) electrons. The van der Waals surface area contributed by atoms with Crippen LogP contribution in [0.25, 0.3) is 0 Å². The Bertz CT molecular complexity index is 219. The van der Waals surface area contributed by atoms with Gasteiger partial charge in [0.05, 0.1) is 0 Å². The first-order chi connectivity index (χ1) is 5.54. The topological polar surface area (TPSA) is 52.3 Å². The molecule has 0 aromatic heterocycles. The van der Waals surface area contributed by atoms with Crippen LogP contribution in [0.2, 0.25) is 0 Å². The lowest BCUT2D eigenvalue weighted by Crippen LogP contribution is -2.29. The molecule has 4 heteroatoms. The molecule has 0 bridgehead atoms. The Kier molecular flexibility index (Phi) is 5.06. The summed E-state index contributed by atoms with van der Waals surface area (Å²) >= 11 is 1.99. The number of primary amides is 1. The molecule has 0 aromatic carbocycles. The molecule has 1 amide bonds. The summed E-state index contributed by atoms with van der Waals surface area (Å²) in [7, 11) is 0. The maximum Gasteiger partial charge on any atom is 0.406 e. The average molecular weight is 281 g/mol. The second kappa shape index (κ2) is 5.25. The maximum atomic E-state index is 10.5. The molecule has 0 fully saturated rings. The number of ether oxygens (including phenoxy) is 1. The van der Waals surface area contributed by atoms with E-state index in [0.29, 0.717) is 6.42 Å². The Balaban J connectivity index is 4.34. The molecule has 0 aliphatic rings. The third-order valence-electron chi connectivity index (χ3n) is 1.15. The predicted octanol–water partition coefficient (Wildman–Crippen LogP) is 2.04. The van der Waals surface area contributed by atoms with Crippen molar-refractivity contribution >= 4 is 28.7 Å². The van der Waals surface area contributed by atoms with Crippen molar-refractivity contribution in [3.63, 3.8) is 0 Å². The zero-order chi connectivity index (χ0) is 9.61. The Morgan fingerprint density at radius 2 is 2.33 bits per heavy atom. The van der Waals surface area contributed by atoms with Crippen LogP contribution in [-0.4, -0.2) is 9.70 Å². The van der Waals surface area contributed by atoms with Crippen LogP contribution in [0.4, 0.5) is 4.79 Å². The second-order valence-electron chi connectivity index (χ2n) is 2.27. The van der Waals surface area contributed by atoms with Crippen LogP contribution in [0.1, 0.15) is 26.7 Å². The first-order valence-corrected chi connectivity index (χ1v) is 4.73. The molecule has 3 nitrogen and oxygen atoms in total. The summed E-state index contributed by atoms with van der Waals surface area (Å²) in [6.07, 6.45) is 0.808. The Morgan fingerprint density at radius 1 is 1.75 bits per heavy atom. The van der Waals surface area contributed by atoms with Gasteiger partial charge >= 0.3 is 6.09 Å². The quantitative estimate of drug-likeness (QED) is 0.489. The molecule has 0 saturated carbocycles. The van der Waals surface area contributed by atoms with Crippen LogP contribution in [0.3, 0.4) is 0 Å². The first kappa shape index (κ1) is 11.6. The zero-order valence-corrected chi connectivity index (χ0v) is 9.34. The zero-order valence-electron chi connectivity index (χ0n) is 7.19. The van der Waals surface area contributed by atoms with Crippen molar-refractivity contribution in [2.45, 2.75) is 30.3 Å². The molecular weight excluding hydrogens is 269 g/mol. The third-order valence-corrected chi connectivity index (χ3v) is 2.17. The van der Waals surface area contributed by atoms with Crippen LogP contribution >= 0.6 is 22.6 Å². The summed E-state index contributed by atoms with van der Waals surface area (Å²) in [6, 6.07) is 0. The van der Waals surface area contributed by atoms with E-state index in [2.05, 4.69) is 11.8 Å². The van der Waals surface area contributed by atoms with Gasteiger partial charge in [0.25, 0.3) is 0 Å². The van der Waals surface area contributed by atoms with Gasteiger partial charge in [0.15, 0.2) is 0 Å². The number of amides is 1. The van der Waals surface area contributed by atoms with Gasteiger partial charge in [-0.05, 0) is 35.4 Å². The van der Waals surface area contributed by atoms with Crippen molar-refractivity contribution in [3.8, 4) is 11.8 Å². The molecular formula is C8H12INO2. The smallest absolute Gasteiger partial charge is 0.406 e. The maximum absolute atomic E-state index is 10.5. The summed E-state index contributed by atoms with van der Waals surface area (Å²) in [5.74, 6) is 5.51. The van der Waals surface area contributed by atoms with Crippen LogP contribution in [-0.2, 0) is 4.74 Å². The summed E-state index contributed by atoms with van der Waals surface area (Å²) < 4.78 is 4.13. The van der Waals surface area contributed by atoms with E-state index in [-0.39, 0.29) is 0 Å².